The molecule has 0 bridgehead atoms. The van der Waals surface area contributed by atoms with Crippen molar-refractivity contribution in [3.63, 3.8) is 0 Å². The fourth-order valence-electron chi connectivity index (χ4n) is 2.91. The number of carbonyl (C=O) groups excluding carboxylic acids is 1. The number of rotatable bonds is 5. The number of hydrogen-bond acceptors (Lipinski definition) is 4. The van der Waals surface area contributed by atoms with Crippen molar-refractivity contribution in [1.29, 1.82) is 0 Å². The highest BCUT2D eigenvalue weighted by atomic mass is 35.5. The summed E-state index contributed by atoms with van der Waals surface area (Å²) in [6, 6.07) is 12.6. The molecule has 1 amide bonds. The van der Waals surface area contributed by atoms with Crippen molar-refractivity contribution < 1.29 is 13.2 Å². The summed E-state index contributed by atoms with van der Waals surface area (Å²) < 4.78 is 27.1. The molecule has 28 heavy (non-hydrogen) atoms. The zero-order chi connectivity index (χ0) is 20.3. The summed E-state index contributed by atoms with van der Waals surface area (Å²) in [6.45, 7) is 3.13. The van der Waals surface area contributed by atoms with Crippen LogP contribution in [0, 0.1) is 6.92 Å². The van der Waals surface area contributed by atoms with E-state index >= 15 is 0 Å². The maximum absolute atomic E-state index is 12.9. The van der Waals surface area contributed by atoms with Crippen LogP contribution in [0.15, 0.2) is 52.3 Å². The van der Waals surface area contributed by atoms with E-state index in [1.165, 1.54) is 33.8 Å². The van der Waals surface area contributed by atoms with E-state index in [0.29, 0.717) is 18.8 Å². The van der Waals surface area contributed by atoms with E-state index in [1.807, 2.05) is 31.2 Å². The maximum atomic E-state index is 12.9. The molecule has 1 fully saturated rings. The van der Waals surface area contributed by atoms with Crippen LogP contribution in [0.5, 0.6) is 0 Å². The maximum Gasteiger partial charge on any atom is 0.246 e. The van der Waals surface area contributed by atoms with E-state index in [4.69, 9.17) is 23.2 Å². The van der Waals surface area contributed by atoms with Gasteiger partial charge in [-0.1, -0.05) is 47.0 Å². The summed E-state index contributed by atoms with van der Waals surface area (Å²) in [6.07, 6.45) is 0. The van der Waals surface area contributed by atoms with Gasteiger partial charge in [0.15, 0.2) is 0 Å². The predicted octanol–water partition coefficient (Wildman–Crippen LogP) is 3.93. The summed E-state index contributed by atoms with van der Waals surface area (Å²) in [4.78, 5) is 15.1. The van der Waals surface area contributed by atoms with Gasteiger partial charge in [0, 0.05) is 31.1 Å². The molecule has 1 heterocycles. The Labute approximate surface area is 179 Å². The highest BCUT2D eigenvalue weighted by Crippen LogP contribution is 2.32. The van der Waals surface area contributed by atoms with Crippen molar-refractivity contribution in [2.75, 3.05) is 31.9 Å². The summed E-state index contributed by atoms with van der Waals surface area (Å²) in [5, 5.41) is 0.195. The number of hydrogen-bond donors (Lipinski definition) is 0. The van der Waals surface area contributed by atoms with Crippen LogP contribution in [0.1, 0.15) is 5.56 Å². The molecular weight excluding hydrogens is 439 g/mol. The fraction of sp³-hybridized carbons (Fsp3) is 0.316. The Morgan fingerprint density at radius 3 is 2.14 bits per heavy atom. The molecule has 0 atom stereocenters. The monoisotopic (exact) mass is 458 g/mol. The van der Waals surface area contributed by atoms with Crippen LogP contribution in [-0.4, -0.2) is 55.5 Å². The van der Waals surface area contributed by atoms with Crippen LogP contribution in [0.4, 0.5) is 0 Å². The first-order valence-corrected chi connectivity index (χ1v) is 11.9. The van der Waals surface area contributed by atoms with Gasteiger partial charge >= 0.3 is 0 Å². The van der Waals surface area contributed by atoms with Gasteiger partial charge in [-0.15, -0.1) is 11.8 Å². The number of aryl methyl sites for hydroxylation is 1. The molecule has 5 nitrogen and oxygen atoms in total. The third-order valence-corrected chi connectivity index (χ3v) is 8.34. The second-order valence-corrected chi connectivity index (χ2v) is 10.2. The van der Waals surface area contributed by atoms with E-state index in [1.54, 1.807) is 11.0 Å². The van der Waals surface area contributed by atoms with Crippen LogP contribution in [-0.2, 0) is 14.8 Å². The van der Waals surface area contributed by atoms with Crippen molar-refractivity contribution in [3.8, 4) is 0 Å². The molecule has 1 aliphatic rings. The van der Waals surface area contributed by atoms with Gasteiger partial charge in [-0.25, -0.2) is 8.42 Å². The molecule has 1 aliphatic heterocycles. The first kappa shape index (κ1) is 21.5. The van der Waals surface area contributed by atoms with Crippen LogP contribution in [0.25, 0.3) is 0 Å². The van der Waals surface area contributed by atoms with Gasteiger partial charge in [0.2, 0.25) is 15.9 Å². The number of amides is 1. The fourth-order valence-corrected chi connectivity index (χ4v) is 6.22. The summed E-state index contributed by atoms with van der Waals surface area (Å²) in [5.41, 5.74) is 1.17. The SMILES string of the molecule is Cc1ccc(SCC(=O)N2CCN(S(=O)(=O)c3c(Cl)cccc3Cl)CC2)cc1. The minimum atomic E-state index is -3.81. The molecule has 0 aliphatic carbocycles. The van der Waals surface area contributed by atoms with Crippen LogP contribution >= 0.6 is 35.0 Å². The lowest BCUT2D eigenvalue weighted by atomic mass is 10.2. The third kappa shape index (κ3) is 4.83. The Bertz CT molecular complexity index is 937. The average molecular weight is 459 g/mol. The lowest BCUT2D eigenvalue weighted by Crippen LogP contribution is -2.51. The van der Waals surface area contributed by atoms with Gasteiger partial charge in [0.1, 0.15) is 4.90 Å². The Morgan fingerprint density at radius 2 is 1.57 bits per heavy atom. The van der Waals surface area contributed by atoms with Gasteiger partial charge in [-0.2, -0.15) is 4.31 Å². The predicted molar refractivity (Wildman–Crippen MR) is 114 cm³/mol. The molecule has 9 heteroatoms. The van der Waals surface area contributed by atoms with Crippen molar-refractivity contribution in [2.45, 2.75) is 16.7 Å². The van der Waals surface area contributed by atoms with Crippen molar-refractivity contribution in [2.24, 2.45) is 0 Å². The minimum absolute atomic E-state index is 0.00148. The number of piperazine rings is 1. The number of sulfonamides is 1. The minimum Gasteiger partial charge on any atom is -0.339 e. The molecule has 0 spiro atoms. The number of halogens is 2. The molecule has 0 radical (unpaired) electrons. The molecular formula is C19H20Cl2N2O3S2. The van der Waals surface area contributed by atoms with Gasteiger partial charge in [-0.3, -0.25) is 4.79 Å². The molecule has 0 saturated carbocycles. The second kappa shape index (κ2) is 9.05. The highest BCUT2D eigenvalue weighted by molar-refractivity contribution is 8.00. The largest absolute Gasteiger partial charge is 0.339 e. The first-order chi connectivity index (χ1) is 13.3. The molecule has 0 aromatic heterocycles. The molecule has 150 valence electrons. The Kier molecular flexibility index (Phi) is 6.94. The summed E-state index contributed by atoms with van der Waals surface area (Å²) >= 11 is 13.6. The zero-order valence-electron chi connectivity index (χ0n) is 15.3. The van der Waals surface area contributed by atoms with Crippen LogP contribution in [0.2, 0.25) is 10.0 Å². The van der Waals surface area contributed by atoms with Crippen LogP contribution < -0.4 is 0 Å². The van der Waals surface area contributed by atoms with E-state index in [9.17, 15) is 13.2 Å². The van der Waals surface area contributed by atoms with Crippen molar-refractivity contribution in [1.82, 2.24) is 9.21 Å². The first-order valence-electron chi connectivity index (χ1n) is 8.70. The van der Waals surface area contributed by atoms with E-state index < -0.39 is 10.0 Å². The number of nitrogens with zero attached hydrogens (tertiary/aromatic N) is 2. The quantitative estimate of drug-likeness (QED) is 0.636. The van der Waals surface area contributed by atoms with Gasteiger partial charge in [0.05, 0.1) is 15.8 Å². The second-order valence-electron chi connectivity index (χ2n) is 6.44. The molecule has 0 unspecified atom stereocenters. The zero-order valence-corrected chi connectivity index (χ0v) is 18.4. The van der Waals surface area contributed by atoms with E-state index in [2.05, 4.69) is 0 Å². The standard InChI is InChI=1S/C19H20Cl2N2O3S2/c1-14-5-7-15(8-6-14)27-13-18(24)22-9-11-23(12-10-22)28(25,26)19-16(20)3-2-4-17(19)21/h2-8H,9-13H2,1H3. The van der Waals surface area contributed by atoms with Gasteiger partial charge < -0.3 is 4.90 Å². The molecule has 1 saturated heterocycles. The van der Waals surface area contributed by atoms with Crippen molar-refractivity contribution >= 4 is 50.9 Å². The van der Waals surface area contributed by atoms with Crippen LogP contribution in [0.3, 0.4) is 0 Å². The average Bonchev–Trinajstić information content (AvgIpc) is 2.67. The number of carbonyl (C=O) groups is 1. The number of thioether (sulfide) groups is 1. The normalized spacial score (nSPS) is 15.6. The number of benzene rings is 2. The summed E-state index contributed by atoms with van der Waals surface area (Å²) in [5.74, 6) is 0.324. The lowest BCUT2D eigenvalue weighted by Gasteiger charge is -2.34. The molecule has 2 aromatic rings. The third-order valence-electron chi connectivity index (χ3n) is 4.49. The Morgan fingerprint density at radius 1 is 1.00 bits per heavy atom. The lowest BCUT2D eigenvalue weighted by molar-refractivity contribution is -0.129. The molecule has 3 rings (SSSR count). The van der Waals surface area contributed by atoms with E-state index in [0.717, 1.165) is 4.90 Å². The van der Waals surface area contributed by atoms with Gasteiger partial charge in [-0.05, 0) is 31.2 Å². The Balaban J connectivity index is 1.59. The summed E-state index contributed by atoms with van der Waals surface area (Å²) in [7, 11) is -3.81. The van der Waals surface area contributed by atoms with Crippen molar-refractivity contribution in [3.05, 3.63) is 58.1 Å². The topological polar surface area (TPSA) is 57.7 Å². The van der Waals surface area contributed by atoms with Gasteiger partial charge in [0.25, 0.3) is 0 Å². The smallest absolute Gasteiger partial charge is 0.246 e. The highest BCUT2D eigenvalue weighted by Gasteiger charge is 2.32. The molecule has 2 aromatic carbocycles. The Hall–Kier alpha value is -1.25. The van der Waals surface area contributed by atoms with E-state index in [-0.39, 0.29) is 33.9 Å². The molecule has 0 N–H and O–H groups in total.